The van der Waals surface area contributed by atoms with Gasteiger partial charge in [0.15, 0.2) is 0 Å². The minimum absolute atomic E-state index is 0.0451. The molecule has 2 aromatic rings. The molecule has 22 heavy (non-hydrogen) atoms. The van der Waals surface area contributed by atoms with E-state index in [9.17, 15) is 14.3 Å². The molecule has 2 amide bonds. The van der Waals surface area contributed by atoms with E-state index in [1.54, 1.807) is 18.3 Å². The number of urea groups is 1. The van der Waals surface area contributed by atoms with E-state index in [0.29, 0.717) is 12.1 Å². The van der Waals surface area contributed by atoms with Crippen molar-refractivity contribution in [3.8, 4) is 0 Å². The van der Waals surface area contributed by atoms with Crippen LogP contribution in [0.25, 0.3) is 0 Å². The van der Waals surface area contributed by atoms with Crippen LogP contribution in [0, 0.1) is 5.82 Å². The number of carbonyl (C=O) groups is 1. The highest BCUT2D eigenvalue weighted by Crippen LogP contribution is 2.19. The fourth-order valence-electron chi connectivity index (χ4n) is 1.98. The molecule has 0 saturated heterocycles. The highest BCUT2D eigenvalue weighted by atomic mass is 32.1. The van der Waals surface area contributed by atoms with Crippen LogP contribution >= 0.6 is 11.3 Å². The second-order valence-corrected chi connectivity index (χ2v) is 6.25. The first kappa shape index (κ1) is 16.5. The maximum atomic E-state index is 12.9. The maximum Gasteiger partial charge on any atom is 0.314 e. The van der Waals surface area contributed by atoms with Crippen LogP contribution in [-0.4, -0.2) is 24.2 Å². The third kappa shape index (κ3) is 4.82. The molecule has 1 aromatic heterocycles. The van der Waals surface area contributed by atoms with Crippen LogP contribution in [0.1, 0.15) is 17.4 Å². The van der Waals surface area contributed by atoms with Crippen LogP contribution in [-0.2, 0) is 12.0 Å². The van der Waals surface area contributed by atoms with E-state index in [0.717, 1.165) is 6.42 Å². The fraction of sp³-hybridized carbons (Fsp3) is 0.312. The minimum Gasteiger partial charge on any atom is -0.384 e. The summed E-state index contributed by atoms with van der Waals surface area (Å²) in [7, 11) is 0. The molecular formula is C16H19FN2O2S. The molecule has 1 unspecified atom stereocenters. The van der Waals surface area contributed by atoms with Crippen molar-refractivity contribution in [3.05, 3.63) is 58.0 Å². The number of halogens is 1. The predicted octanol–water partition coefficient (Wildman–Crippen LogP) is 2.64. The summed E-state index contributed by atoms with van der Waals surface area (Å²) in [6.07, 6.45) is 0.777. The highest BCUT2D eigenvalue weighted by Gasteiger charge is 2.23. The van der Waals surface area contributed by atoms with Crippen molar-refractivity contribution in [1.82, 2.24) is 10.6 Å². The molecule has 118 valence electrons. The average Bonchev–Trinajstić information content (AvgIpc) is 2.99. The van der Waals surface area contributed by atoms with E-state index in [1.807, 2.05) is 17.5 Å². The number of carbonyl (C=O) groups excluding carboxylic acids is 1. The van der Waals surface area contributed by atoms with Gasteiger partial charge in [-0.2, -0.15) is 0 Å². The van der Waals surface area contributed by atoms with Crippen molar-refractivity contribution in [2.45, 2.75) is 18.9 Å². The second-order valence-electron chi connectivity index (χ2n) is 5.22. The van der Waals surface area contributed by atoms with Crippen LogP contribution in [0.4, 0.5) is 9.18 Å². The van der Waals surface area contributed by atoms with E-state index in [2.05, 4.69) is 10.6 Å². The van der Waals surface area contributed by atoms with Crippen LogP contribution in [0.3, 0.4) is 0 Å². The molecule has 6 heteroatoms. The van der Waals surface area contributed by atoms with Gasteiger partial charge in [-0.3, -0.25) is 0 Å². The van der Waals surface area contributed by atoms with Gasteiger partial charge in [0.05, 0.1) is 6.54 Å². The Morgan fingerprint density at radius 3 is 2.64 bits per heavy atom. The standard InChI is InChI=1S/C16H19FN2O2S/c1-16(21,12-4-6-13(17)7-5-12)11-19-15(20)18-9-8-14-3-2-10-22-14/h2-7,10,21H,8-9,11H2,1H3,(H2,18,19,20). The van der Waals surface area contributed by atoms with Crippen LogP contribution in [0.2, 0.25) is 0 Å². The highest BCUT2D eigenvalue weighted by molar-refractivity contribution is 7.09. The van der Waals surface area contributed by atoms with Gasteiger partial charge in [-0.05, 0) is 42.5 Å². The molecule has 0 bridgehead atoms. The Bertz CT molecular complexity index is 597. The van der Waals surface area contributed by atoms with Gasteiger partial charge in [-0.25, -0.2) is 9.18 Å². The topological polar surface area (TPSA) is 61.4 Å². The summed E-state index contributed by atoms with van der Waals surface area (Å²) in [5, 5.41) is 17.7. The molecule has 1 heterocycles. The van der Waals surface area contributed by atoms with Crippen LogP contribution < -0.4 is 10.6 Å². The normalized spacial score (nSPS) is 13.4. The fourth-order valence-corrected chi connectivity index (χ4v) is 2.69. The molecular weight excluding hydrogens is 303 g/mol. The van der Waals surface area contributed by atoms with E-state index >= 15 is 0 Å². The lowest BCUT2D eigenvalue weighted by molar-refractivity contribution is 0.0593. The first-order valence-electron chi connectivity index (χ1n) is 7.00. The molecule has 0 aliphatic carbocycles. The van der Waals surface area contributed by atoms with Crippen molar-refractivity contribution in [2.75, 3.05) is 13.1 Å². The molecule has 2 rings (SSSR count). The van der Waals surface area contributed by atoms with Gasteiger partial charge in [-0.1, -0.05) is 18.2 Å². The summed E-state index contributed by atoms with van der Waals surface area (Å²) < 4.78 is 12.9. The average molecular weight is 322 g/mol. The van der Waals surface area contributed by atoms with Gasteiger partial charge in [0.25, 0.3) is 0 Å². The van der Waals surface area contributed by atoms with Gasteiger partial charge in [0, 0.05) is 11.4 Å². The molecule has 0 fully saturated rings. The monoisotopic (exact) mass is 322 g/mol. The summed E-state index contributed by atoms with van der Waals surface area (Å²) in [6.45, 7) is 2.15. The van der Waals surface area contributed by atoms with Crippen molar-refractivity contribution >= 4 is 17.4 Å². The molecule has 0 aliphatic heterocycles. The summed E-state index contributed by atoms with van der Waals surface area (Å²) in [5.41, 5.74) is -0.702. The van der Waals surface area contributed by atoms with Gasteiger partial charge >= 0.3 is 6.03 Å². The molecule has 0 aliphatic rings. The van der Waals surface area contributed by atoms with Gasteiger partial charge in [0.1, 0.15) is 11.4 Å². The van der Waals surface area contributed by atoms with Crippen molar-refractivity contribution in [1.29, 1.82) is 0 Å². The molecule has 1 atom stereocenters. The first-order chi connectivity index (χ1) is 10.5. The Morgan fingerprint density at radius 1 is 1.27 bits per heavy atom. The van der Waals surface area contributed by atoms with Crippen LogP contribution in [0.15, 0.2) is 41.8 Å². The second kappa shape index (κ2) is 7.38. The molecule has 1 aromatic carbocycles. The number of amides is 2. The van der Waals surface area contributed by atoms with Gasteiger partial charge in [-0.15, -0.1) is 11.3 Å². The third-order valence-corrected chi connectivity index (χ3v) is 4.23. The van der Waals surface area contributed by atoms with E-state index < -0.39 is 5.60 Å². The summed E-state index contributed by atoms with van der Waals surface area (Å²) >= 11 is 1.65. The smallest absolute Gasteiger partial charge is 0.314 e. The molecule has 0 saturated carbocycles. The lowest BCUT2D eigenvalue weighted by Crippen LogP contribution is -2.43. The van der Waals surface area contributed by atoms with Gasteiger partial charge < -0.3 is 15.7 Å². The SMILES string of the molecule is CC(O)(CNC(=O)NCCc1cccs1)c1ccc(F)cc1. The Morgan fingerprint density at radius 2 is 2.00 bits per heavy atom. The lowest BCUT2D eigenvalue weighted by atomic mass is 9.96. The van der Waals surface area contributed by atoms with Gasteiger partial charge in [0.2, 0.25) is 0 Å². The van der Waals surface area contributed by atoms with Crippen molar-refractivity contribution < 1.29 is 14.3 Å². The number of rotatable bonds is 6. The Labute approximate surface area is 133 Å². The van der Waals surface area contributed by atoms with E-state index in [1.165, 1.54) is 29.1 Å². The zero-order valence-corrected chi connectivity index (χ0v) is 13.1. The molecule has 3 N–H and O–H groups in total. The molecule has 0 spiro atoms. The minimum atomic E-state index is -1.25. The molecule has 0 radical (unpaired) electrons. The van der Waals surface area contributed by atoms with Crippen LogP contribution in [0.5, 0.6) is 0 Å². The zero-order valence-electron chi connectivity index (χ0n) is 12.3. The zero-order chi connectivity index (χ0) is 16.0. The number of nitrogens with one attached hydrogen (secondary N) is 2. The van der Waals surface area contributed by atoms with Crippen molar-refractivity contribution in [2.24, 2.45) is 0 Å². The first-order valence-corrected chi connectivity index (χ1v) is 7.88. The molecule has 4 nitrogen and oxygen atoms in total. The predicted molar refractivity (Wildman–Crippen MR) is 85.4 cm³/mol. The third-order valence-electron chi connectivity index (χ3n) is 3.30. The van der Waals surface area contributed by atoms with E-state index in [4.69, 9.17) is 0 Å². The summed E-state index contributed by atoms with van der Waals surface area (Å²) in [5.74, 6) is -0.362. The van der Waals surface area contributed by atoms with E-state index in [-0.39, 0.29) is 18.4 Å². The number of hydrogen-bond acceptors (Lipinski definition) is 3. The Hall–Kier alpha value is -1.92. The number of aliphatic hydroxyl groups is 1. The van der Waals surface area contributed by atoms with Crippen molar-refractivity contribution in [3.63, 3.8) is 0 Å². The number of benzene rings is 1. The quantitative estimate of drug-likeness (QED) is 0.765. The maximum absolute atomic E-state index is 12.9. The number of thiophene rings is 1. The Kier molecular flexibility index (Phi) is 5.51. The largest absolute Gasteiger partial charge is 0.384 e. The summed E-state index contributed by atoms with van der Waals surface area (Å²) in [4.78, 5) is 12.9. The lowest BCUT2D eigenvalue weighted by Gasteiger charge is -2.24. The summed E-state index contributed by atoms with van der Waals surface area (Å²) in [6, 6.07) is 9.23. The Balaban J connectivity index is 1.76. The number of hydrogen-bond donors (Lipinski definition) is 3.